The second-order valence-electron chi connectivity index (χ2n) is 5.82. The van der Waals surface area contributed by atoms with Crippen LogP contribution in [0.2, 0.25) is 5.02 Å². The summed E-state index contributed by atoms with van der Waals surface area (Å²) in [6.07, 6.45) is 0.941. The van der Waals surface area contributed by atoms with E-state index >= 15 is 0 Å². The Morgan fingerprint density at radius 3 is 2.37 bits per heavy atom. The first-order chi connectivity index (χ1) is 8.63. The van der Waals surface area contributed by atoms with Crippen LogP contribution in [-0.2, 0) is 11.2 Å². The van der Waals surface area contributed by atoms with Crippen molar-refractivity contribution in [2.45, 2.75) is 51.7 Å². The van der Waals surface area contributed by atoms with Crippen molar-refractivity contribution in [2.75, 3.05) is 0 Å². The molecule has 0 atom stereocenters. The van der Waals surface area contributed by atoms with E-state index in [2.05, 4.69) is 5.32 Å². The monoisotopic (exact) mass is 283 g/mol. The molecular weight excluding hydrogens is 262 g/mol. The van der Waals surface area contributed by atoms with Crippen molar-refractivity contribution in [1.82, 2.24) is 5.32 Å². The zero-order chi connectivity index (χ0) is 14.7. The summed E-state index contributed by atoms with van der Waals surface area (Å²) in [4.78, 5) is 11.9. The summed E-state index contributed by atoms with van der Waals surface area (Å²) in [6.45, 7) is 6.98. The Balaban J connectivity index is 2.56. The molecule has 106 valence electrons. The van der Waals surface area contributed by atoms with Crippen LogP contribution in [0.3, 0.4) is 0 Å². The number of halogens is 1. The van der Waals surface area contributed by atoms with Crippen molar-refractivity contribution in [3.63, 3.8) is 0 Å². The average molecular weight is 284 g/mol. The molecule has 0 saturated heterocycles. The summed E-state index contributed by atoms with van der Waals surface area (Å²) in [7, 11) is 0. The first-order valence-corrected chi connectivity index (χ1v) is 6.78. The lowest BCUT2D eigenvalue weighted by Gasteiger charge is -2.38. The molecule has 0 aliphatic carbocycles. The maximum absolute atomic E-state index is 11.9. The minimum Gasteiger partial charge on any atom is -0.388 e. The molecule has 2 N–H and O–H groups in total. The van der Waals surface area contributed by atoms with Gasteiger partial charge in [0.15, 0.2) is 0 Å². The third-order valence-corrected chi connectivity index (χ3v) is 3.93. The van der Waals surface area contributed by atoms with Crippen molar-refractivity contribution >= 4 is 17.5 Å². The molecule has 4 heteroatoms. The van der Waals surface area contributed by atoms with Gasteiger partial charge in [-0.25, -0.2) is 0 Å². The number of hydrogen-bond acceptors (Lipinski definition) is 2. The fraction of sp³-hybridized carbons (Fsp3) is 0.533. The Morgan fingerprint density at radius 1 is 1.26 bits per heavy atom. The highest BCUT2D eigenvalue weighted by atomic mass is 35.5. The first-order valence-electron chi connectivity index (χ1n) is 6.40. The van der Waals surface area contributed by atoms with Gasteiger partial charge in [-0.3, -0.25) is 4.79 Å². The molecule has 0 aliphatic heterocycles. The highest BCUT2D eigenvalue weighted by Gasteiger charge is 2.36. The number of carbonyl (C=O) groups is 1. The average Bonchev–Trinajstić information content (AvgIpc) is 2.26. The van der Waals surface area contributed by atoms with Crippen LogP contribution < -0.4 is 5.32 Å². The van der Waals surface area contributed by atoms with Gasteiger partial charge in [0, 0.05) is 11.4 Å². The summed E-state index contributed by atoms with van der Waals surface area (Å²) >= 11 is 6.04. The number of hydrogen-bond donors (Lipinski definition) is 2. The summed E-state index contributed by atoms with van der Waals surface area (Å²) in [5.74, 6) is -0.0907. The molecule has 0 fully saturated rings. The van der Waals surface area contributed by atoms with Gasteiger partial charge >= 0.3 is 0 Å². The van der Waals surface area contributed by atoms with E-state index in [0.29, 0.717) is 17.9 Å². The molecule has 0 bridgehead atoms. The van der Waals surface area contributed by atoms with Gasteiger partial charge in [0.2, 0.25) is 5.91 Å². The third-order valence-electron chi connectivity index (χ3n) is 3.56. The maximum Gasteiger partial charge on any atom is 0.220 e. The van der Waals surface area contributed by atoms with Crippen molar-refractivity contribution in [3.05, 3.63) is 34.9 Å². The predicted molar refractivity (Wildman–Crippen MR) is 78.3 cm³/mol. The van der Waals surface area contributed by atoms with Crippen LogP contribution in [0.4, 0.5) is 0 Å². The fourth-order valence-corrected chi connectivity index (χ4v) is 1.74. The minimum atomic E-state index is -0.979. The Morgan fingerprint density at radius 2 is 1.84 bits per heavy atom. The Labute approximate surface area is 120 Å². The number of carbonyl (C=O) groups excluding carboxylic acids is 1. The summed E-state index contributed by atoms with van der Waals surface area (Å²) in [5.41, 5.74) is -0.696. The predicted octanol–water partition coefficient (Wildman–Crippen LogP) is 2.94. The van der Waals surface area contributed by atoms with E-state index in [9.17, 15) is 9.90 Å². The van der Waals surface area contributed by atoms with Gasteiger partial charge in [0.1, 0.15) is 0 Å². The van der Waals surface area contributed by atoms with E-state index in [-0.39, 0.29) is 5.91 Å². The number of amides is 1. The van der Waals surface area contributed by atoms with Crippen LogP contribution in [0, 0.1) is 0 Å². The van der Waals surface area contributed by atoms with Gasteiger partial charge in [-0.15, -0.1) is 0 Å². The van der Waals surface area contributed by atoms with Crippen LogP contribution in [0.5, 0.6) is 0 Å². The van der Waals surface area contributed by atoms with Crippen LogP contribution in [0.1, 0.15) is 39.7 Å². The molecule has 0 aromatic heterocycles. The molecule has 19 heavy (non-hydrogen) atoms. The standard InChI is InChI=1S/C15H22ClNO2/c1-14(2,15(3,4)19)17-13(18)10-9-11-7-5-6-8-12(11)16/h5-8,19H,9-10H2,1-4H3,(H,17,18). The maximum atomic E-state index is 11.9. The van der Waals surface area contributed by atoms with E-state index in [4.69, 9.17) is 11.6 Å². The van der Waals surface area contributed by atoms with Gasteiger partial charge in [0.05, 0.1) is 11.1 Å². The van der Waals surface area contributed by atoms with E-state index in [1.807, 2.05) is 24.3 Å². The van der Waals surface area contributed by atoms with Crippen LogP contribution >= 0.6 is 11.6 Å². The highest BCUT2D eigenvalue weighted by Crippen LogP contribution is 2.21. The van der Waals surface area contributed by atoms with Gasteiger partial charge < -0.3 is 10.4 Å². The largest absolute Gasteiger partial charge is 0.388 e. The van der Waals surface area contributed by atoms with Crippen molar-refractivity contribution in [1.29, 1.82) is 0 Å². The minimum absolute atomic E-state index is 0.0907. The van der Waals surface area contributed by atoms with Crippen LogP contribution in [-0.4, -0.2) is 22.2 Å². The normalized spacial score (nSPS) is 12.3. The molecule has 0 radical (unpaired) electrons. The van der Waals surface area contributed by atoms with Crippen molar-refractivity contribution in [2.24, 2.45) is 0 Å². The van der Waals surface area contributed by atoms with E-state index < -0.39 is 11.1 Å². The number of nitrogens with one attached hydrogen (secondary N) is 1. The van der Waals surface area contributed by atoms with Crippen molar-refractivity contribution in [3.8, 4) is 0 Å². The van der Waals surface area contributed by atoms with Gasteiger partial charge in [-0.2, -0.15) is 0 Å². The second-order valence-corrected chi connectivity index (χ2v) is 6.23. The molecule has 1 aromatic carbocycles. The van der Waals surface area contributed by atoms with Crippen molar-refractivity contribution < 1.29 is 9.90 Å². The molecule has 0 saturated carbocycles. The zero-order valence-corrected chi connectivity index (χ0v) is 12.7. The summed E-state index contributed by atoms with van der Waals surface area (Å²) < 4.78 is 0. The van der Waals surface area contributed by atoms with E-state index in [1.54, 1.807) is 27.7 Å². The van der Waals surface area contributed by atoms with Crippen LogP contribution in [0.25, 0.3) is 0 Å². The Hall–Kier alpha value is -1.06. The summed E-state index contributed by atoms with van der Waals surface area (Å²) in [5, 5.41) is 13.5. The molecule has 1 amide bonds. The SMILES string of the molecule is CC(C)(O)C(C)(C)NC(=O)CCc1ccccc1Cl. The summed E-state index contributed by atoms with van der Waals surface area (Å²) in [6, 6.07) is 7.50. The van der Waals surface area contributed by atoms with E-state index in [1.165, 1.54) is 0 Å². The zero-order valence-electron chi connectivity index (χ0n) is 12.0. The molecule has 1 aromatic rings. The van der Waals surface area contributed by atoms with Gasteiger partial charge in [-0.1, -0.05) is 29.8 Å². The lowest BCUT2D eigenvalue weighted by molar-refractivity contribution is -0.126. The quantitative estimate of drug-likeness (QED) is 0.873. The number of rotatable bonds is 5. The second kappa shape index (κ2) is 5.93. The van der Waals surface area contributed by atoms with Crippen LogP contribution in [0.15, 0.2) is 24.3 Å². The lowest BCUT2D eigenvalue weighted by Crippen LogP contribution is -2.57. The lowest BCUT2D eigenvalue weighted by atomic mass is 9.86. The van der Waals surface area contributed by atoms with E-state index in [0.717, 1.165) is 5.56 Å². The first kappa shape index (κ1) is 16.0. The molecule has 1 rings (SSSR count). The molecule has 3 nitrogen and oxygen atoms in total. The molecule has 0 aliphatic rings. The fourth-order valence-electron chi connectivity index (χ4n) is 1.51. The Kier molecular flexibility index (Phi) is 4.99. The molecular formula is C15H22ClNO2. The topological polar surface area (TPSA) is 49.3 Å². The van der Waals surface area contributed by atoms with Gasteiger partial charge in [-0.05, 0) is 45.7 Å². The molecule has 0 unspecified atom stereocenters. The third kappa shape index (κ3) is 4.51. The number of aliphatic hydroxyl groups is 1. The highest BCUT2D eigenvalue weighted by molar-refractivity contribution is 6.31. The molecule has 0 spiro atoms. The number of aryl methyl sites for hydroxylation is 1. The number of benzene rings is 1. The Bertz CT molecular complexity index is 450. The molecule has 0 heterocycles. The van der Waals surface area contributed by atoms with Gasteiger partial charge in [0.25, 0.3) is 0 Å². The smallest absolute Gasteiger partial charge is 0.220 e.